The first-order valence-electron chi connectivity index (χ1n) is 8.12. The molecule has 4 rings (SSSR count). The van der Waals surface area contributed by atoms with Crippen molar-refractivity contribution in [1.29, 1.82) is 0 Å². The van der Waals surface area contributed by atoms with E-state index in [0.717, 1.165) is 30.7 Å². The second-order valence-corrected chi connectivity index (χ2v) is 8.03. The van der Waals surface area contributed by atoms with Gasteiger partial charge in [-0.05, 0) is 0 Å². The van der Waals surface area contributed by atoms with Crippen molar-refractivity contribution in [3.05, 3.63) is 41.0 Å². The summed E-state index contributed by atoms with van der Waals surface area (Å²) in [5.74, 6) is 0.318. The van der Waals surface area contributed by atoms with Crippen molar-refractivity contribution >= 4 is 5.78 Å². The molecule has 0 saturated carbocycles. The number of nitrogens with one attached hydrogen (secondary N) is 2. The van der Waals surface area contributed by atoms with Crippen molar-refractivity contribution in [1.82, 2.24) is 15.3 Å². The third-order valence-electron chi connectivity index (χ3n) is 5.29. The number of aromatic nitrogens is 2. The topological polar surface area (TPSA) is 57.8 Å². The SMILES string of the molecule is O=C(C1=CC2=C(CCCC2)[CH]1[Zr+2])[C@@]1(Cc2c[nH]cn2)CCN1.[Cl-].[Cl-]. The molecule has 2 aliphatic carbocycles. The fourth-order valence-electron chi connectivity index (χ4n) is 3.93. The first-order chi connectivity index (χ1) is 10.7. The molecule has 0 aromatic carbocycles. The molecule has 127 valence electrons. The molecule has 0 amide bonds. The molecule has 2 atom stereocenters. The van der Waals surface area contributed by atoms with Gasteiger partial charge in [-0.2, -0.15) is 0 Å². The molecule has 7 heteroatoms. The number of allylic oxidation sites excluding steroid dienone is 3. The minimum Gasteiger partial charge on any atom is -1.00 e. The molecule has 0 bridgehead atoms. The molecular weight excluding hydrogens is 424 g/mol. The number of aromatic amines is 1. The van der Waals surface area contributed by atoms with Crippen LogP contribution in [0.25, 0.3) is 0 Å². The van der Waals surface area contributed by atoms with E-state index in [0.29, 0.717) is 15.8 Å². The molecule has 2 N–H and O–H groups in total. The fraction of sp³-hybridized carbons (Fsp3) is 0.529. The molecular formula is C17H20Cl2N3OZr. The molecule has 1 aliphatic heterocycles. The van der Waals surface area contributed by atoms with E-state index in [9.17, 15) is 4.79 Å². The number of imidazole rings is 1. The summed E-state index contributed by atoms with van der Waals surface area (Å²) in [6.07, 6.45) is 12.3. The minimum absolute atomic E-state index is 0. The van der Waals surface area contributed by atoms with Crippen LogP contribution in [0.3, 0.4) is 0 Å². The van der Waals surface area contributed by atoms with Crippen molar-refractivity contribution in [3.63, 3.8) is 0 Å². The monoisotopic (exact) mass is 442 g/mol. The van der Waals surface area contributed by atoms with Crippen molar-refractivity contribution in [2.24, 2.45) is 0 Å². The van der Waals surface area contributed by atoms with E-state index in [1.54, 1.807) is 11.9 Å². The van der Waals surface area contributed by atoms with E-state index < -0.39 is 5.54 Å². The second kappa shape index (κ2) is 7.99. The van der Waals surface area contributed by atoms with E-state index in [-0.39, 0.29) is 24.8 Å². The maximum atomic E-state index is 13.2. The third-order valence-corrected chi connectivity index (χ3v) is 6.91. The van der Waals surface area contributed by atoms with Gasteiger partial charge in [0.2, 0.25) is 0 Å². The summed E-state index contributed by atoms with van der Waals surface area (Å²) in [4.78, 5) is 20.5. The number of H-pyrrole nitrogens is 1. The Labute approximate surface area is 170 Å². The van der Waals surface area contributed by atoms with E-state index >= 15 is 0 Å². The summed E-state index contributed by atoms with van der Waals surface area (Å²) in [6.45, 7) is 0.929. The number of nitrogens with zero attached hydrogens (tertiary/aromatic N) is 1. The zero-order valence-electron chi connectivity index (χ0n) is 13.4. The van der Waals surface area contributed by atoms with Gasteiger partial charge in [0.15, 0.2) is 0 Å². The predicted molar refractivity (Wildman–Crippen MR) is 80.0 cm³/mol. The normalized spacial score (nSPS) is 28.2. The molecule has 24 heavy (non-hydrogen) atoms. The smallest absolute Gasteiger partial charge is 1.00 e. The Kier molecular flexibility index (Phi) is 6.69. The zero-order valence-corrected chi connectivity index (χ0v) is 17.3. The number of rotatable bonds is 4. The molecule has 1 aromatic heterocycles. The van der Waals surface area contributed by atoms with E-state index in [1.807, 2.05) is 6.20 Å². The Balaban J connectivity index is 0.00000104. The van der Waals surface area contributed by atoms with Gasteiger partial charge in [-0.1, -0.05) is 0 Å². The van der Waals surface area contributed by atoms with Gasteiger partial charge >= 0.3 is 146 Å². The largest absolute Gasteiger partial charge is 1.00 e. The average molecular weight is 444 g/mol. The Morgan fingerprint density at radius 3 is 2.67 bits per heavy atom. The summed E-state index contributed by atoms with van der Waals surface area (Å²) >= 11 is 1.45. The summed E-state index contributed by atoms with van der Waals surface area (Å²) in [5.41, 5.74) is 4.64. The number of carbonyl (C=O) groups excluding carboxylic acids is 1. The Morgan fingerprint density at radius 1 is 1.33 bits per heavy atom. The molecule has 1 saturated heterocycles. The second-order valence-electron chi connectivity index (χ2n) is 6.62. The van der Waals surface area contributed by atoms with Crippen LogP contribution in [0, 0.1) is 0 Å². The standard InChI is InChI=1S/C17H20N3O.2ClH.Zr/c21-16(14-7-12-3-1-2-4-13(12)8-14)17(5-6-20-17)9-15-10-18-11-19-15;;;/h7-8,10-11,20H,1-6,9H2,(H,18,19);2*1H;/q;;;+2/p-2/t17-;;;/m0.../s1. The van der Waals surface area contributed by atoms with E-state index in [1.165, 1.54) is 49.6 Å². The first-order valence-corrected chi connectivity index (χ1v) is 9.54. The quantitative estimate of drug-likeness (QED) is 0.505. The van der Waals surface area contributed by atoms with Crippen LogP contribution in [-0.4, -0.2) is 27.8 Å². The predicted octanol–water partition coefficient (Wildman–Crippen LogP) is -3.59. The van der Waals surface area contributed by atoms with Crippen LogP contribution in [0.2, 0.25) is 3.63 Å². The first kappa shape index (κ1) is 20.1. The van der Waals surface area contributed by atoms with E-state index in [4.69, 9.17) is 0 Å². The maximum Gasteiger partial charge on any atom is -1.00 e. The molecule has 1 fully saturated rings. The van der Waals surface area contributed by atoms with Crippen LogP contribution in [0.1, 0.15) is 37.8 Å². The van der Waals surface area contributed by atoms with Gasteiger partial charge in [-0.3, -0.25) is 0 Å². The van der Waals surface area contributed by atoms with Gasteiger partial charge in [0.25, 0.3) is 0 Å². The molecule has 0 radical (unpaired) electrons. The minimum atomic E-state index is -0.412. The zero-order chi connectivity index (χ0) is 15.2. The van der Waals surface area contributed by atoms with Crippen LogP contribution in [-0.2, 0) is 35.9 Å². The molecule has 4 nitrogen and oxygen atoms in total. The van der Waals surface area contributed by atoms with Crippen molar-refractivity contribution in [3.8, 4) is 0 Å². The summed E-state index contributed by atoms with van der Waals surface area (Å²) in [7, 11) is 0. The van der Waals surface area contributed by atoms with Crippen molar-refractivity contribution in [2.45, 2.75) is 47.7 Å². The molecule has 1 aromatic rings. The molecule has 1 unspecified atom stereocenters. The molecule has 3 aliphatic rings. The summed E-state index contributed by atoms with van der Waals surface area (Å²) < 4.78 is 0.397. The third kappa shape index (κ3) is 3.38. The number of halogens is 2. The summed E-state index contributed by atoms with van der Waals surface area (Å²) in [6, 6.07) is 0. The number of ketones is 1. The Morgan fingerprint density at radius 2 is 2.08 bits per heavy atom. The number of carbonyl (C=O) groups is 1. The van der Waals surface area contributed by atoms with Crippen LogP contribution in [0.4, 0.5) is 0 Å². The van der Waals surface area contributed by atoms with Gasteiger partial charge in [0.1, 0.15) is 0 Å². The van der Waals surface area contributed by atoms with Crippen LogP contribution in [0.5, 0.6) is 0 Å². The van der Waals surface area contributed by atoms with Crippen LogP contribution < -0.4 is 30.1 Å². The van der Waals surface area contributed by atoms with Crippen LogP contribution >= 0.6 is 0 Å². The number of hydrogen-bond donors (Lipinski definition) is 2. The number of hydrogen-bond acceptors (Lipinski definition) is 3. The molecule has 2 heterocycles. The van der Waals surface area contributed by atoms with Gasteiger partial charge in [0, 0.05) is 0 Å². The Bertz CT molecular complexity index is 665. The van der Waals surface area contributed by atoms with E-state index in [2.05, 4.69) is 21.4 Å². The van der Waals surface area contributed by atoms with Crippen molar-refractivity contribution in [2.75, 3.05) is 6.54 Å². The van der Waals surface area contributed by atoms with Gasteiger partial charge in [0.05, 0.1) is 0 Å². The van der Waals surface area contributed by atoms with Gasteiger partial charge < -0.3 is 24.8 Å². The van der Waals surface area contributed by atoms with Crippen LogP contribution in [0.15, 0.2) is 35.3 Å². The van der Waals surface area contributed by atoms with Gasteiger partial charge in [-0.25, -0.2) is 0 Å². The fourth-order valence-corrected chi connectivity index (χ4v) is 5.26. The molecule has 0 spiro atoms. The maximum absolute atomic E-state index is 13.2. The average Bonchev–Trinajstić information content (AvgIpc) is 3.11. The van der Waals surface area contributed by atoms with Gasteiger partial charge in [-0.15, -0.1) is 0 Å². The number of Topliss-reactive ketones (excluding diaryl/α,β-unsaturated/α-hetero) is 1. The Hall–Kier alpha value is -0.217. The summed E-state index contributed by atoms with van der Waals surface area (Å²) in [5, 5.41) is 3.42. The van der Waals surface area contributed by atoms with Crippen molar-refractivity contribution < 1.29 is 54.3 Å².